The number of thioether (sulfide) groups is 1. The lowest BCUT2D eigenvalue weighted by Gasteiger charge is -2.39. The van der Waals surface area contributed by atoms with E-state index in [2.05, 4.69) is 13.2 Å². The molecule has 2 unspecified atom stereocenters. The van der Waals surface area contributed by atoms with Crippen molar-refractivity contribution in [1.82, 2.24) is 4.90 Å². The molecule has 3 fully saturated rings. The van der Waals surface area contributed by atoms with E-state index in [1.54, 1.807) is 64.8 Å². The Balaban J connectivity index is 1.56. The Morgan fingerprint density at radius 2 is 1.68 bits per heavy atom. The number of aliphatic hydroxyl groups is 1. The molecule has 6 atom stereocenters. The van der Waals surface area contributed by atoms with Gasteiger partial charge in [-0.2, -0.15) is 0 Å². The molecule has 2 aromatic carbocycles. The zero-order valence-corrected chi connectivity index (χ0v) is 24.3. The number of nitrogens with zero attached hydrogens (tertiary/aromatic N) is 3. The molecule has 3 aliphatic rings. The minimum atomic E-state index is -0.832. The molecule has 0 radical (unpaired) electrons. The normalized spacial score (nSPS) is 26.8. The predicted molar refractivity (Wildman–Crippen MR) is 162 cm³/mol. The van der Waals surface area contributed by atoms with E-state index < -0.39 is 28.7 Å². The van der Waals surface area contributed by atoms with Crippen molar-refractivity contribution < 1.29 is 24.2 Å². The fraction of sp³-hybridized carbons (Fsp3) is 0.406. The van der Waals surface area contributed by atoms with Crippen LogP contribution in [0.15, 0.2) is 79.9 Å². The van der Waals surface area contributed by atoms with Crippen LogP contribution in [0.25, 0.3) is 0 Å². The van der Waals surface area contributed by atoms with E-state index in [0.29, 0.717) is 24.4 Å². The van der Waals surface area contributed by atoms with Crippen molar-refractivity contribution in [2.24, 2.45) is 11.8 Å². The standard InChI is InChI=1S/C32H37N3O5S/c1-5-18-33(22-10-8-7-9-11-22)29(37)26-25-16-17-32(41-25)27(26)30(38)35(21(3)20-36)28(32)31(39)34(19-6-2)23-12-14-24(40-4)15-13-23/h5-15,21,25-28,36H,1-2,16-20H2,3-4H3/t21-,25-,26+,27+,28?,32?/m1/s1. The topological polar surface area (TPSA) is 90.4 Å². The highest BCUT2D eigenvalue weighted by atomic mass is 32.2. The first-order valence-corrected chi connectivity index (χ1v) is 14.8. The number of anilines is 2. The predicted octanol–water partition coefficient (Wildman–Crippen LogP) is 3.91. The van der Waals surface area contributed by atoms with Gasteiger partial charge in [0, 0.05) is 29.7 Å². The number of carbonyl (C=O) groups excluding carboxylic acids is 3. The average molecular weight is 576 g/mol. The largest absolute Gasteiger partial charge is 0.497 e. The molecular weight excluding hydrogens is 538 g/mol. The number of hydrogen-bond donors (Lipinski definition) is 1. The second-order valence-electron chi connectivity index (χ2n) is 10.8. The molecule has 8 nitrogen and oxygen atoms in total. The lowest BCUT2D eigenvalue weighted by atomic mass is 9.70. The summed E-state index contributed by atoms with van der Waals surface area (Å²) in [7, 11) is 1.58. The van der Waals surface area contributed by atoms with Crippen LogP contribution in [0, 0.1) is 11.8 Å². The third kappa shape index (κ3) is 4.75. The van der Waals surface area contributed by atoms with Gasteiger partial charge in [0.1, 0.15) is 11.8 Å². The van der Waals surface area contributed by atoms with Gasteiger partial charge in [-0.05, 0) is 56.2 Å². The van der Waals surface area contributed by atoms with Crippen LogP contribution in [0.5, 0.6) is 5.75 Å². The minimum Gasteiger partial charge on any atom is -0.497 e. The molecule has 1 N–H and O–H groups in total. The maximum absolute atomic E-state index is 14.6. The van der Waals surface area contributed by atoms with E-state index in [-0.39, 0.29) is 36.1 Å². The van der Waals surface area contributed by atoms with Crippen molar-refractivity contribution in [3.05, 3.63) is 79.9 Å². The molecule has 1 spiro atoms. The van der Waals surface area contributed by atoms with Crippen molar-refractivity contribution in [1.29, 1.82) is 0 Å². The number of ether oxygens (including phenoxy) is 1. The van der Waals surface area contributed by atoms with Crippen molar-refractivity contribution >= 4 is 40.9 Å². The molecule has 41 heavy (non-hydrogen) atoms. The highest BCUT2D eigenvalue weighted by Crippen LogP contribution is 2.67. The molecule has 3 heterocycles. The molecule has 216 valence electrons. The Labute approximate surface area is 245 Å². The molecule has 5 rings (SSSR count). The summed E-state index contributed by atoms with van der Waals surface area (Å²) >= 11 is 1.61. The van der Waals surface area contributed by atoms with Gasteiger partial charge in [0.15, 0.2) is 0 Å². The molecule has 0 aliphatic carbocycles. The number of methoxy groups -OCH3 is 1. The lowest BCUT2D eigenvalue weighted by Crippen LogP contribution is -2.57. The fourth-order valence-electron chi connectivity index (χ4n) is 6.82. The van der Waals surface area contributed by atoms with Crippen LogP contribution < -0.4 is 14.5 Å². The first-order chi connectivity index (χ1) is 19.8. The van der Waals surface area contributed by atoms with E-state index in [1.165, 1.54) is 0 Å². The molecular formula is C32H37N3O5S. The quantitative estimate of drug-likeness (QED) is 0.409. The Hall–Kier alpha value is -3.56. The van der Waals surface area contributed by atoms with Crippen molar-refractivity contribution in [2.45, 2.75) is 41.8 Å². The third-order valence-corrected chi connectivity index (χ3v) is 10.6. The monoisotopic (exact) mass is 575 g/mol. The van der Waals surface area contributed by atoms with E-state index in [9.17, 15) is 19.5 Å². The number of aliphatic hydroxyl groups excluding tert-OH is 1. The van der Waals surface area contributed by atoms with Gasteiger partial charge in [0.05, 0.1) is 36.3 Å². The molecule has 0 saturated carbocycles. The van der Waals surface area contributed by atoms with Gasteiger partial charge in [-0.1, -0.05) is 30.4 Å². The number of hydrogen-bond acceptors (Lipinski definition) is 6. The number of carbonyl (C=O) groups is 3. The smallest absolute Gasteiger partial charge is 0.251 e. The Morgan fingerprint density at radius 3 is 2.27 bits per heavy atom. The number of amides is 3. The van der Waals surface area contributed by atoms with Gasteiger partial charge in [0.2, 0.25) is 11.8 Å². The van der Waals surface area contributed by atoms with E-state index >= 15 is 0 Å². The number of rotatable bonds is 11. The summed E-state index contributed by atoms with van der Waals surface area (Å²) in [5, 5.41) is 10.1. The number of benzene rings is 2. The molecule has 0 aromatic heterocycles. The van der Waals surface area contributed by atoms with Crippen molar-refractivity contribution in [3.8, 4) is 5.75 Å². The summed E-state index contributed by atoms with van der Waals surface area (Å²) in [5.74, 6) is -1.19. The summed E-state index contributed by atoms with van der Waals surface area (Å²) in [6, 6.07) is 15.2. The SMILES string of the molecule is C=CCN(C(=O)C1N([C@H](C)CO)C(=O)[C@@H]2[C@@H](C(=O)N(CC=C)c3ccccc3)[C@H]3CCC12S3)c1ccc(OC)cc1. The Bertz CT molecular complexity index is 1320. The van der Waals surface area contributed by atoms with Gasteiger partial charge < -0.3 is 24.5 Å². The third-order valence-electron chi connectivity index (χ3n) is 8.60. The van der Waals surface area contributed by atoms with Gasteiger partial charge in [-0.3, -0.25) is 14.4 Å². The van der Waals surface area contributed by atoms with Crippen LogP contribution in [0.2, 0.25) is 0 Å². The van der Waals surface area contributed by atoms with Crippen LogP contribution >= 0.6 is 11.8 Å². The lowest BCUT2D eigenvalue weighted by molar-refractivity contribution is -0.141. The molecule has 3 aliphatic heterocycles. The highest BCUT2D eigenvalue weighted by molar-refractivity contribution is 8.02. The van der Waals surface area contributed by atoms with Gasteiger partial charge in [0.25, 0.3) is 5.91 Å². The van der Waals surface area contributed by atoms with Gasteiger partial charge in [-0.15, -0.1) is 24.9 Å². The van der Waals surface area contributed by atoms with Crippen LogP contribution in [-0.2, 0) is 14.4 Å². The number of fused-ring (bicyclic) bond motifs is 1. The summed E-state index contributed by atoms with van der Waals surface area (Å²) < 4.78 is 4.52. The molecule has 9 heteroatoms. The van der Waals surface area contributed by atoms with Crippen LogP contribution in [0.1, 0.15) is 19.8 Å². The maximum atomic E-state index is 14.6. The van der Waals surface area contributed by atoms with E-state index in [0.717, 1.165) is 12.1 Å². The summed E-state index contributed by atoms with van der Waals surface area (Å²) in [6.45, 7) is 9.74. The van der Waals surface area contributed by atoms with Crippen molar-refractivity contribution in [3.63, 3.8) is 0 Å². The maximum Gasteiger partial charge on any atom is 0.251 e. The Morgan fingerprint density at radius 1 is 1.07 bits per heavy atom. The van der Waals surface area contributed by atoms with E-state index in [1.807, 2.05) is 42.5 Å². The molecule has 2 bridgehead atoms. The second-order valence-corrected chi connectivity index (χ2v) is 12.4. The zero-order chi connectivity index (χ0) is 29.3. The average Bonchev–Trinajstić information content (AvgIpc) is 3.65. The summed E-state index contributed by atoms with van der Waals surface area (Å²) in [6.07, 6.45) is 4.72. The van der Waals surface area contributed by atoms with Gasteiger partial charge >= 0.3 is 0 Å². The zero-order valence-electron chi connectivity index (χ0n) is 23.5. The molecule has 3 amide bonds. The Kier molecular flexibility index (Phi) is 8.29. The van der Waals surface area contributed by atoms with Crippen LogP contribution in [0.4, 0.5) is 11.4 Å². The van der Waals surface area contributed by atoms with Crippen molar-refractivity contribution in [2.75, 3.05) is 36.6 Å². The fourth-order valence-corrected chi connectivity index (χ4v) is 9.01. The first kappa shape index (κ1) is 29.0. The van der Waals surface area contributed by atoms with Crippen LogP contribution in [0.3, 0.4) is 0 Å². The van der Waals surface area contributed by atoms with Gasteiger partial charge in [-0.25, -0.2) is 0 Å². The summed E-state index contributed by atoms with van der Waals surface area (Å²) in [5.41, 5.74) is 1.40. The molecule has 2 aromatic rings. The minimum absolute atomic E-state index is 0.0804. The van der Waals surface area contributed by atoms with E-state index in [4.69, 9.17) is 4.74 Å². The van der Waals surface area contributed by atoms with Crippen LogP contribution in [-0.4, -0.2) is 76.6 Å². The number of likely N-dealkylation sites (tertiary alicyclic amines) is 1. The summed E-state index contributed by atoms with van der Waals surface area (Å²) in [4.78, 5) is 48.1. The second kappa shape index (κ2) is 11.7. The highest BCUT2D eigenvalue weighted by Gasteiger charge is 2.74. The first-order valence-electron chi connectivity index (χ1n) is 14.0. The number of para-hydroxylation sites is 1. The molecule has 3 saturated heterocycles.